The van der Waals surface area contributed by atoms with Crippen LogP contribution in [0.3, 0.4) is 0 Å². The summed E-state index contributed by atoms with van der Waals surface area (Å²) >= 11 is 6.21. The maximum absolute atomic E-state index is 12.8. The highest BCUT2D eigenvalue weighted by Crippen LogP contribution is 2.33. The summed E-state index contributed by atoms with van der Waals surface area (Å²) in [4.78, 5) is 29.9. The molecule has 1 aliphatic rings. The minimum absolute atomic E-state index is 0.00623. The molecule has 1 aromatic heterocycles. The highest BCUT2D eigenvalue weighted by Gasteiger charge is 2.27. The zero-order valence-electron chi connectivity index (χ0n) is 19.3. The fourth-order valence-electron chi connectivity index (χ4n) is 3.48. The molecule has 2 aromatic carbocycles. The van der Waals surface area contributed by atoms with Crippen LogP contribution in [0.25, 0.3) is 0 Å². The number of rotatable bonds is 4. The molecule has 4 rings (SSSR count). The van der Waals surface area contributed by atoms with E-state index < -0.39 is 21.2 Å². The van der Waals surface area contributed by atoms with Crippen LogP contribution in [0.1, 0.15) is 39.0 Å². The fraction of sp³-hybridized carbons (Fsp3) is 0.217. The van der Waals surface area contributed by atoms with Gasteiger partial charge in [-0.25, -0.2) is 8.42 Å². The molecule has 0 radical (unpaired) electrons. The van der Waals surface area contributed by atoms with E-state index in [0.717, 1.165) is 6.26 Å². The van der Waals surface area contributed by atoms with E-state index in [4.69, 9.17) is 10.1 Å². The number of phenols is 1. The van der Waals surface area contributed by atoms with Crippen molar-refractivity contribution in [3.63, 3.8) is 0 Å². The number of aromatic nitrogens is 2. The van der Waals surface area contributed by atoms with Crippen molar-refractivity contribution in [2.24, 2.45) is 12.2 Å². The lowest BCUT2D eigenvalue weighted by Crippen LogP contribution is -2.21. The van der Waals surface area contributed by atoms with Gasteiger partial charge in [0.15, 0.2) is 15.6 Å². The van der Waals surface area contributed by atoms with Gasteiger partial charge in [0.25, 0.3) is 5.56 Å². The third-order valence-electron chi connectivity index (χ3n) is 5.29. The van der Waals surface area contributed by atoms with Crippen LogP contribution in [0.5, 0.6) is 5.75 Å². The Bertz CT molecular complexity index is 1580. The number of oxime groups is 1. The molecule has 0 fully saturated rings. The van der Waals surface area contributed by atoms with Gasteiger partial charge in [0.1, 0.15) is 17.9 Å². The lowest BCUT2D eigenvalue weighted by Gasteiger charge is -2.13. The number of ketones is 1. The van der Waals surface area contributed by atoms with E-state index in [1.165, 1.54) is 30.1 Å². The zero-order valence-corrected chi connectivity index (χ0v) is 23.3. The van der Waals surface area contributed by atoms with Gasteiger partial charge in [-0.2, -0.15) is 5.26 Å². The van der Waals surface area contributed by atoms with Crippen molar-refractivity contribution in [2.75, 3.05) is 12.9 Å². The molecule has 13 heteroatoms. The van der Waals surface area contributed by atoms with Gasteiger partial charge in [-0.15, -0.1) is 0 Å². The van der Waals surface area contributed by atoms with Gasteiger partial charge in [0, 0.05) is 37.0 Å². The first-order valence-corrected chi connectivity index (χ1v) is 13.7. The molecular weight excluding hydrogens is 620 g/mol. The van der Waals surface area contributed by atoms with Crippen molar-refractivity contribution in [2.45, 2.75) is 18.2 Å². The maximum atomic E-state index is 12.8. The van der Waals surface area contributed by atoms with E-state index in [1.807, 2.05) is 6.07 Å². The van der Waals surface area contributed by atoms with Gasteiger partial charge in [-0.3, -0.25) is 14.3 Å². The number of benzene rings is 2. The summed E-state index contributed by atoms with van der Waals surface area (Å²) < 4.78 is 26.5. The number of H-pyrrole nitrogens is 1. The first kappa shape index (κ1) is 27.4. The average Bonchev–Trinajstić information content (AvgIpc) is 3.46. The van der Waals surface area contributed by atoms with Crippen LogP contribution in [-0.4, -0.2) is 47.7 Å². The lowest BCUT2D eigenvalue weighted by atomic mass is 9.93. The number of nitrogens with one attached hydrogen (secondary N) is 1. The Morgan fingerprint density at radius 2 is 1.89 bits per heavy atom. The zero-order chi connectivity index (χ0) is 26.8. The topological polar surface area (TPSA) is 155 Å². The third kappa shape index (κ3) is 5.61. The molecule has 3 aromatic rings. The standard InChI is InChI=1S/C16H17N3O5S.C7H3Br2NO/c1-9-10(15(20)11-8-17-19(2)16(11)21)4-5-13(25(3,22)23)14(9)12-6-7-24-18-12;8-5-1-4(3-10)2-6(9)7(5)11/h4-5,8,17H,6-7H2,1-3H3;1-2,11H. The Labute approximate surface area is 223 Å². The molecule has 10 nitrogen and oxygen atoms in total. The summed E-state index contributed by atoms with van der Waals surface area (Å²) in [6, 6.07) is 7.88. The van der Waals surface area contributed by atoms with Crippen molar-refractivity contribution >= 4 is 53.2 Å². The number of hydrogen-bond acceptors (Lipinski definition) is 8. The quantitative estimate of drug-likeness (QED) is 0.414. The number of carbonyl (C=O) groups excluding carboxylic acids is 1. The molecule has 0 atom stereocenters. The number of aryl methyl sites for hydroxylation is 1. The van der Waals surface area contributed by atoms with E-state index >= 15 is 0 Å². The molecule has 0 aliphatic carbocycles. The van der Waals surface area contributed by atoms with Gasteiger partial charge in [0.2, 0.25) is 0 Å². The summed E-state index contributed by atoms with van der Waals surface area (Å²) in [6.45, 7) is 2.00. The van der Waals surface area contributed by atoms with Crippen molar-refractivity contribution in [3.05, 3.63) is 77.6 Å². The molecule has 0 unspecified atom stereocenters. The van der Waals surface area contributed by atoms with Crippen LogP contribution < -0.4 is 5.56 Å². The SMILES string of the molecule is Cc1c(C(=O)c2c[nH]n(C)c2=O)ccc(S(C)(=O)=O)c1C1=NOCC1.N#Cc1cc(Br)c(O)c(Br)c1. The van der Waals surface area contributed by atoms with Crippen LogP contribution in [0, 0.1) is 18.3 Å². The number of sulfone groups is 1. The second-order valence-electron chi connectivity index (χ2n) is 7.79. The highest BCUT2D eigenvalue weighted by molar-refractivity contribution is 9.11. The van der Waals surface area contributed by atoms with Crippen LogP contribution in [-0.2, 0) is 21.7 Å². The molecule has 0 saturated heterocycles. The number of aromatic amines is 1. The number of aromatic hydroxyl groups is 1. The van der Waals surface area contributed by atoms with Crippen LogP contribution in [0.15, 0.2) is 54.3 Å². The molecule has 0 saturated carbocycles. The summed E-state index contributed by atoms with van der Waals surface area (Å²) in [5.74, 6) is -0.357. The maximum Gasteiger partial charge on any atom is 0.277 e. The number of carbonyl (C=O) groups is 1. The molecule has 2 heterocycles. The summed E-state index contributed by atoms with van der Waals surface area (Å²) in [6.07, 6.45) is 2.89. The van der Waals surface area contributed by atoms with Crippen molar-refractivity contribution in [1.82, 2.24) is 9.78 Å². The highest BCUT2D eigenvalue weighted by atomic mass is 79.9. The van der Waals surface area contributed by atoms with Gasteiger partial charge < -0.3 is 15.0 Å². The predicted molar refractivity (Wildman–Crippen MR) is 139 cm³/mol. The number of hydrogen-bond donors (Lipinski definition) is 2. The Balaban J connectivity index is 0.000000275. The second-order valence-corrected chi connectivity index (χ2v) is 11.5. The number of phenolic OH excluding ortho intramolecular Hbond substituents is 1. The van der Waals surface area contributed by atoms with Gasteiger partial charge in [0.05, 0.1) is 31.2 Å². The monoisotopic (exact) mass is 638 g/mol. The lowest BCUT2D eigenvalue weighted by molar-refractivity contribution is 0.103. The molecule has 36 heavy (non-hydrogen) atoms. The molecule has 2 N–H and O–H groups in total. The summed E-state index contributed by atoms with van der Waals surface area (Å²) in [7, 11) is -2.02. The minimum Gasteiger partial charge on any atom is -0.506 e. The molecule has 0 bridgehead atoms. The van der Waals surface area contributed by atoms with Gasteiger partial charge >= 0.3 is 0 Å². The summed E-state index contributed by atoms with van der Waals surface area (Å²) in [5, 5.41) is 24.3. The van der Waals surface area contributed by atoms with Crippen LogP contribution in [0.4, 0.5) is 0 Å². The summed E-state index contributed by atoms with van der Waals surface area (Å²) in [5.41, 5.74) is 1.62. The Kier molecular flexibility index (Phi) is 8.22. The van der Waals surface area contributed by atoms with Crippen molar-refractivity contribution in [3.8, 4) is 11.8 Å². The number of nitrogens with zero attached hydrogens (tertiary/aromatic N) is 3. The molecule has 188 valence electrons. The molecule has 0 amide bonds. The fourth-order valence-corrected chi connectivity index (χ4v) is 5.63. The van der Waals surface area contributed by atoms with Gasteiger partial charge in [-0.1, -0.05) is 5.16 Å². The van der Waals surface area contributed by atoms with Crippen molar-refractivity contribution in [1.29, 1.82) is 5.26 Å². The largest absolute Gasteiger partial charge is 0.506 e. The van der Waals surface area contributed by atoms with Gasteiger partial charge in [-0.05, 0) is 68.6 Å². The van der Waals surface area contributed by atoms with Crippen LogP contribution in [0.2, 0.25) is 0 Å². The Hall–Kier alpha value is -3.21. The Morgan fingerprint density at radius 3 is 2.36 bits per heavy atom. The third-order valence-corrected chi connectivity index (χ3v) is 7.64. The molecule has 0 spiro atoms. The smallest absolute Gasteiger partial charge is 0.277 e. The van der Waals surface area contributed by atoms with E-state index in [0.29, 0.717) is 44.4 Å². The molecule has 1 aliphatic heterocycles. The van der Waals surface area contributed by atoms with E-state index in [-0.39, 0.29) is 21.8 Å². The predicted octanol–water partition coefficient (Wildman–Crippen LogP) is 3.57. The normalized spacial score (nSPS) is 12.7. The number of nitriles is 1. The first-order valence-electron chi connectivity index (χ1n) is 10.3. The Morgan fingerprint density at radius 1 is 1.25 bits per heavy atom. The first-order chi connectivity index (χ1) is 16.9. The van der Waals surface area contributed by atoms with Crippen molar-refractivity contribution < 1.29 is 23.2 Å². The van der Waals surface area contributed by atoms with E-state index in [2.05, 4.69) is 42.1 Å². The molecular formula is C23H20Br2N4O6S. The average molecular weight is 640 g/mol. The second kappa shape index (κ2) is 10.8. The number of halogens is 2. The van der Waals surface area contributed by atoms with Crippen LogP contribution >= 0.6 is 31.9 Å². The van der Waals surface area contributed by atoms with E-state index in [1.54, 1.807) is 19.1 Å². The minimum atomic E-state index is -3.52. The van der Waals surface area contributed by atoms with E-state index in [9.17, 15) is 23.1 Å².